The zero-order chi connectivity index (χ0) is 29.0. The first kappa shape index (κ1) is 29.5. The zero-order valence-electron chi connectivity index (χ0n) is 18.0. The van der Waals surface area contributed by atoms with Gasteiger partial charge >= 0.3 is 18.5 Å². The highest BCUT2D eigenvalue weighted by Gasteiger charge is 2.45. The quantitative estimate of drug-likeness (QED) is 0.361. The monoisotopic (exact) mass is 614 g/mol. The molecule has 0 spiro atoms. The summed E-state index contributed by atoms with van der Waals surface area (Å²) in [6.07, 6.45) is -16.3. The second-order valence-electron chi connectivity index (χ2n) is 7.39. The van der Waals surface area contributed by atoms with Crippen molar-refractivity contribution < 1.29 is 52.7 Å². The van der Waals surface area contributed by atoms with Crippen molar-refractivity contribution in [1.82, 2.24) is 19.7 Å². The standard InChI is InChI=1S/C19H9Cl2F9N4O3S/c1-7-4-9(20)6-11(21)14(7)34-15(19(28,29)30)13(31-33-34)16(35)32-38(36,37)12-5-8(17(22,23)24)2-3-10(12)18(25,26)27/h2-6H,1H3,(H,32,35). The molecular weight excluding hydrogens is 606 g/mol. The lowest BCUT2D eigenvalue weighted by Crippen LogP contribution is -2.34. The number of rotatable bonds is 4. The van der Waals surface area contributed by atoms with E-state index >= 15 is 0 Å². The van der Waals surface area contributed by atoms with Crippen LogP contribution in [0.3, 0.4) is 0 Å². The van der Waals surface area contributed by atoms with Crippen LogP contribution in [0.4, 0.5) is 39.5 Å². The Morgan fingerprint density at radius 2 is 1.53 bits per heavy atom. The van der Waals surface area contributed by atoms with Crippen LogP contribution < -0.4 is 4.72 Å². The van der Waals surface area contributed by atoms with Gasteiger partial charge in [0.25, 0.3) is 15.9 Å². The third kappa shape index (κ3) is 5.83. The maximum absolute atomic E-state index is 13.9. The summed E-state index contributed by atoms with van der Waals surface area (Å²) in [6, 6.07) is 1.50. The molecule has 206 valence electrons. The van der Waals surface area contributed by atoms with Crippen LogP contribution in [-0.4, -0.2) is 29.3 Å². The molecule has 7 nitrogen and oxygen atoms in total. The molecular formula is C19H9Cl2F9N4O3S. The van der Waals surface area contributed by atoms with Crippen molar-refractivity contribution >= 4 is 39.1 Å². The molecule has 0 radical (unpaired) electrons. The molecule has 0 bridgehead atoms. The van der Waals surface area contributed by atoms with E-state index in [1.807, 2.05) is 0 Å². The molecule has 1 heterocycles. The average Bonchev–Trinajstić information content (AvgIpc) is 3.16. The fraction of sp³-hybridized carbons (Fsp3) is 0.211. The molecule has 1 aromatic heterocycles. The summed E-state index contributed by atoms with van der Waals surface area (Å²) in [5, 5.41) is 5.77. The Balaban J connectivity index is 2.16. The molecule has 1 amide bonds. The van der Waals surface area contributed by atoms with Gasteiger partial charge in [-0.1, -0.05) is 28.4 Å². The van der Waals surface area contributed by atoms with Crippen LogP contribution >= 0.6 is 23.2 Å². The minimum absolute atomic E-state index is 0.00346. The molecule has 0 saturated carbocycles. The summed E-state index contributed by atoms with van der Waals surface area (Å²) in [7, 11) is -5.85. The number of halogens is 11. The van der Waals surface area contributed by atoms with Crippen molar-refractivity contribution in [3.8, 4) is 5.69 Å². The minimum atomic E-state index is -5.85. The van der Waals surface area contributed by atoms with Gasteiger partial charge in [0.05, 0.1) is 21.8 Å². The smallest absolute Gasteiger partial charge is 0.266 e. The fourth-order valence-corrected chi connectivity index (χ4v) is 5.07. The average molecular weight is 615 g/mol. The Morgan fingerprint density at radius 3 is 2.03 bits per heavy atom. The van der Waals surface area contributed by atoms with Crippen LogP contribution in [0.15, 0.2) is 35.2 Å². The molecule has 0 fully saturated rings. The van der Waals surface area contributed by atoms with Crippen LogP contribution in [0, 0.1) is 6.92 Å². The number of alkyl halides is 9. The maximum Gasteiger partial charge on any atom is 0.435 e. The number of nitrogens with zero attached hydrogens (tertiary/aromatic N) is 3. The van der Waals surface area contributed by atoms with Crippen LogP contribution in [0.2, 0.25) is 10.0 Å². The highest BCUT2D eigenvalue weighted by atomic mass is 35.5. The molecule has 0 saturated heterocycles. The molecule has 0 atom stereocenters. The number of nitrogens with one attached hydrogen (secondary N) is 1. The first-order chi connectivity index (χ1) is 17.1. The lowest BCUT2D eigenvalue weighted by molar-refractivity contribution is -0.143. The maximum atomic E-state index is 13.9. The SMILES string of the molecule is Cc1cc(Cl)cc(Cl)c1-n1nnc(C(=O)NS(=O)(=O)c2cc(C(F)(F)F)ccc2C(F)(F)F)c1C(F)(F)F. The lowest BCUT2D eigenvalue weighted by atomic mass is 10.1. The van der Waals surface area contributed by atoms with Gasteiger partial charge in [-0.05, 0) is 42.8 Å². The summed E-state index contributed by atoms with van der Waals surface area (Å²) >= 11 is 11.7. The summed E-state index contributed by atoms with van der Waals surface area (Å²) in [4.78, 5) is 10.5. The molecule has 2 aromatic carbocycles. The van der Waals surface area contributed by atoms with E-state index in [1.165, 1.54) is 13.0 Å². The first-order valence-corrected chi connectivity index (χ1v) is 11.7. The number of carbonyl (C=O) groups is 1. The molecule has 0 aliphatic heterocycles. The summed E-state index contributed by atoms with van der Waals surface area (Å²) in [5.74, 6) is -2.24. The number of sulfonamides is 1. The topological polar surface area (TPSA) is 93.9 Å². The Hall–Kier alpha value is -3.05. The number of amides is 1. The Bertz CT molecular complexity index is 1510. The molecule has 1 N–H and O–H groups in total. The summed E-state index contributed by atoms with van der Waals surface area (Å²) in [5.41, 5.74) is -8.15. The van der Waals surface area contributed by atoms with Crippen molar-refractivity contribution in [2.75, 3.05) is 0 Å². The highest BCUT2D eigenvalue weighted by Crippen LogP contribution is 2.39. The van der Waals surface area contributed by atoms with Crippen molar-refractivity contribution in [3.63, 3.8) is 0 Å². The van der Waals surface area contributed by atoms with E-state index in [0.29, 0.717) is 0 Å². The van der Waals surface area contributed by atoms with E-state index in [9.17, 15) is 52.7 Å². The Labute approximate surface area is 216 Å². The Kier molecular flexibility index (Phi) is 7.46. The molecule has 3 aromatic rings. The largest absolute Gasteiger partial charge is 0.435 e. The third-order valence-corrected chi connectivity index (χ3v) is 6.59. The predicted molar refractivity (Wildman–Crippen MR) is 112 cm³/mol. The minimum Gasteiger partial charge on any atom is -0.266 e. The van der Waals surface area contributed by atoms with Gasteiger partial charge in [-0.3, -0.25) is 4.79 Å². The van der Waals surface area contributed by atoms with Gasteiger partial charge in [0, 0.05) is 5.02 Å². The second kappa shape index (κ2) is 9.60. The van der Waals surface area contributed by atoms with Gasteiger partial charge in [0.1, 0.15) is 4.90 Å². The van der Waals surface area contributed by atoms with E-state index in [2.05, 4.69) is 10.3 Å². The van der Waals surface area contributed by atoms with Gasteiger partial charge in [-0.2, -0.15) is 39.5 Å². The molecule has 3 rings (SSSR count). The van der Waals surface area contributed by atoms with Crippen molar-refractivity contribution in [2.45, 2.75) is 30.3 Å². The predicted octanol–water partition coefficient (Wildman–Crippen LogP) is 6.06. The third-order valence-electron chi connectivity index (χ3n) is 4.72. The van der Waals surface area contributed by atoms with E-state index in [1.54, 1.807) is 0 Å². The van der Waals surface area contributed by atoms with Crippen molar-refractivity contribution in [3.05, 3.63) is 68.5 Å². The van der Waals surface area contributed by atoms with Gasteiger partial charge < -0.3 is 0 Å². The number of aromatic nitrogens is 3. The molecule has 19 heteroatoms. The van der Waals surface area contributed by atoms with E-state index in [-0.39, 0.29) is 27.4 Å². The number of carbonyl (C=O) groups excluding carboxylic acids is 1. The van der Waals surface area contributed by atoms with Crippen LogP contribution in [0.25, 0.3) is 5.69 Å². The number of hydrogen-bond donors (Lipinski definition) is 1. The lowest BCUT2D eigenvalue weighted by Gasteiger charge is -2.17. The molecule has 38 heavy (non-hydrogen) atoms. The number of aryl methyl sites for hydroxylation is 1. The van der Waals surface area contributed by atoms with E-state index in [4.69, 9.17) is 23.2 Å². The van der Waals surface area contributed by atoms with Gasteiger partial charge in [0.15, 0.2) is 11.4 Å². The normalized spacial score (nSPS) is 13.1. The van der Waals surface area contributed by atoms with Gasteiger partial charge in [-0.25, -0.2) is 17.8 Å². The van der Waals surface area contributed by atoms with E-state index in [0.717, 1.165) is 10.8 Å². The second-order valence-corrected chi connectivity index (χ2v) is 9.88. The van der Waals surface area contributed by atoms with Crippen LogP contribution in [-0.2, 0) is 28.6 Å². The molecule has 0 aliphatic rings. The zero-order valence-corrected chi connectivity index (χ0v) is 20.3. The van der Waals surface area contributed by atoms with Crippen LogP contribution in [0.5, 0.6) is 0 Å². The molecule has 0 aliphatic carbocycles. The summed E-state index contributed by atoms with van der Waals surface area (Å²) in [6.45, 7) is 1.26. The first-order valence-electron chi connectivity index (χ1n) is 9.49. The number of benzene rings is 2. The van der Waals surface area contributed by atoms with Crippen LogP contribution in [0.1, 0.15) is 32.9 Å². The van der Waals surface area contributed by atoms with E-state index < -0.39 is 78.6 Å². The fourth-order valence-electron chi connectivity index (χ4n) is 3.19. The number of hydrogen-bond acceptors (Lipinski definition) is 5. The van der Waals surface area contributed by atoms with Crippen molar-refractivity contribution in [2.24, 2.45) is 0 Å². The van der Waals surface area contributed by atoms with Crippen molar-refractivity contribution in [1.29, 1.82) is 0 Å². The molecule has 0 unspecified atom stereocenters. The van der Waals surface area contributed by atoms with Gasteiger partial charge in [-0.15, -0.1) is 5.10 Å². The Morgan fingerprint density at radius 1 is 0.921 bits per heavy atom. The van der Waals surface area contributed by atoms with Gasteiger partial charge in [0.2, 0.25) is 0 Å². The highest BCUT2D eigenvalue weighted by molar-refractivity contribution is 7.90. The summed E-state index contributed by atoms with van der Waals surface area (Å²) < 4.78 is 147.